The van der Waals surface area contributed by atoms with Gasteiger partial charge in [0, 0.05) is 19.8 Å². The average molecular weight is 216 g/mol. The SMILES string of the molecule is CN1CCCc2ncc(C(F)(F)F)cc21. The first-order chi connectivity index (χ1) is 6.98. The topological polar surface area (TPSA) is 16.1 Å². The van der Waals surface area contributed by atoms with Crippen LogP contribution in [0.1, 0.15) is 17.7 Å². The number of anilines is 1. The Labute approximate surface area is 85.7 Å². The van der Waals surface area contributed by atoms with Crippen molar-refractivity contribution in [2.45, 2.75) is 19.0 Å². The van der Waals surface area contributed by atoms with Gasteiger partial charge in [-0.05, 0) is 18.9 Å². The molecule has 0 radical (unpaired) electrons. The second-order valence-corrected chi connectivity index (χ2v) is 3.71. The van der Waals surface area contributed by atoms with Gasteiger partial charge in [0.2, 0.25) is 0 Å². The number of aryl methyl sites for hydroxylation is 1. The normalized spacial score (nSPS) is 16.4. The number of nitrogens with zero attached hydrogens (tertiary/aromatic N) is 2. The molecular formula is C10H11F3N2. The van der Waals surface area contributed by atoms with Crippen molar-refractivity contribution in [3.8, 4) is 0 Å². The quantitative estimate of drug-likeness (QED) is 0.662. The lowest BCUT2D eigenvalue weighted by atomic mass is 10.1. The second kappa shape index (κ2) is 3.40. The summed E-state index contributed by atoms with van der Waals surface area (Å²) in [6.07, 6.45) is -1.68. The molecule has 0 unspecified atom stereocenters. The van der Waals surface area contributed by atoms with Gasteiger partial charge in [-0.15, -0.1) is 0 Å². The first-order valence-corrected chi connectivity index (χ1v) is 4.76. The van der Waals surface area contributed by atoms with Crippen molar-refractivity contribution in [1.82, 2.24) is 4.98 Å². The van der Waals surface area contributed by atoms with Gasteiger partial charge in [-0.2, -0.15) is 13.2 Å². The molecule has 1 aliphatic heterocycles. The van der Waals surface area contributed by atoms with Crippen LogP contribution in [0, 0.1) is 0 Å². The van der Waals surface area contributed by atoms with Crippen LogP contribution in [0.25, 0.3) is 0 Å². The fourth-order valence-electron chi connectivity index (χ4n) is 1.76. The zero-order chi connectivity index (χ0) is 11.1. The third kappa shape index (κ3) is 1.91. The number of halogens is 3. The summed E-state index contributed by atoms with van der Waals surface area (Å²) in [4.78, 5) is 5.69. The van der Waals surface area contributed by atoms with E-state index in [1.807, 2.05) is 4.90 Å². The highest BCUT2D eigenvalue weighted by molar-refractivity contribution is 5.53. The van der Waals surface area contributed by atoms with Crippen molar-refractivity contribution < 1.29 is 13.2 Å². The molecule has 0 aromatic carbocycles. The third-order valence-corrected chi connectivity index (χ3v) is 2.59. The van der Waals surface area contributed by atoms with Crippen molar-refractivity contribution in [3.05, 3.63) is 23.5 Å². The molecule has 1 aliphatic rings. The van der Waals surface area contributed by atoms with Crippen molar-refractivity contribution in [3.63, 3.8) is 0 Å². The van der Waals surface area contributed by atoms with Crippen LogP contribution in [0.3, 0.4) is 0 Å². The Morgan fingerprint density at radius 2 is 2.13 bits per heavy atom. The highest BCUT2D eigenvalue weighted by Gasteiger charge is 2.32. The van der Waals surface area contributed by atoms with E-state index in [9.17, 15) is 13.2 Å². The summed E-state index contributed by atoms with van der Waals surface area (Å²) in [7, 11) is 1.79. The molecule has 15 heavy (non-hydrogen) atoms. The van der Waals surface area contributed by atoms with Gasteiger partial charge in [-0.1, -0.05) is 0 Å². The Balaban J connectivity index is 2.44. The van der Waals surface area contributed by atoms with Crippen molar-refractivity contribution in [1.29, 1.82) is 0 Å². The van der Waals surface area contributed by atoms with Gasteiger partial charge >= 0.3 is 6.18 Å². The number of aromatic nitrogens is 1. The van der Waals surface area contributed by atoms with E-state index in [2.05, 4.69) is 4.98 Å². The molecule has 0 fully saturated rings. The molecule has 2 nitrogen and oxygen atoms in total. The molecule has 0 saturated heterocycles. The number of hydrogen-bond donors (Lipinski definition) is 0. The number of fused-ring (bicyclic) bond motifs is 1. The first kappa shape index (κ1) is 10.3. The Kier molecular flexibility index (Phi) is 2.32. The number of rotatable bonds is 0. The molecule has 5 heteroatoms. The van der Waals surface area contributed by atoms with E-state index in [0.29, 0.717) is 5.69 Å². The minimum absolute atomic E-state index is 0.607. The summed E-state index contributed by atoms with van der Waals surface area (Å²) in [5.74, 6) is 0. The van der Waals surface area contributed by atoms with Gasteiger partial charge in [0.15, 0.2) is 0 Å². The standard InChI is InChI=1S/C10H11F3N2/c1-15-4-2-3-8-9(15)5-7(6-14-8)10(11,12)13/h5-6H,2-4H2,1H3. The molecule has 0 N–H and O–H groups in total. The van der Waals surface area contributed by atoms with E-state index in [1.165, 1.54) is 6.07 Å². The van der Waals surface area contributed by atoms with Crippen LogP contribution in [0.4, 0.5) is 18.9 Å². The summed E-state index contributed by atoms with van der Waals surface area (Å²) in [5, 5.41) is 0. The predicted molar refractivity (Wildman–Crippen MR) is 50.8 cm³/mol. The molecule has 2 rings (SSSR count). The van der Waals surface area contributed by atoms with Crippen molar-refractivity contribution >= 4 is 5.69 Å². The van der Waals surface area contributed by atoms with Crippen LogP contribution in [0.5, 0.6) is 0 Å². The van der Waals surface area contributed by atoms with Gasteiger partial charge in [0.25, 0.3) is 0 Å². The van der Waals surface area contributed by atoms with Crippen LogP contribution < -0.4 is 4.90 Å². The lowest BCUT2D eigenvalue weighted by Gasteiger charge is -2.27. The van der Waals surface area contributed by atoms with Gasteiger partial charge in [0.1, 0.15) is 0 Å². The highest BCUT2D eigenvalue weighted by atomic mass is 19.4. The molecule has 0 spiro atoms. The molecule has 0 atom stereocenters. The van der Waals surface area contributed by atoms with Crippen LogP contribution in [0.15, 0.2) is 12.3 Å². The zero-order valence-electron chi connectivity index (χ0n) is 8.30. The summed E-state index contributed by atoms with van der Waals surface area (Å²) >= 11 is 0. The minimum atomic E-state index is -4.31. The predicted octanol–water partition coefficient (Wildman–Crippen LogP) is 2.48. The van der Waals surface area contributed by atoms with E-state index in [-0.39, 0.29) is 0 Å². The van der Waals surface area contributed by atoms with Crippen LogP contribution in [-0.4, -0.2) is 18.6 Å². The van der Waals surface area contributed by atoms with Gasteiger partial charge in [-0.25, -0.2) is 0 Å². The van der Waals surface area contributed by atoms with Crippen LogP contribution in [0.2, 0.25) is 0 Å². The molecule has 0 aliphatic carbocycles. The van der Waals surface area contributed by atoms with Gasteiger partial charge < -0.3 is 4.90 Å². The molecule has 1 aromatic rings. The molecule has 1 aromatic heterocycles. The summed E-state index contributed by atoms with van der Waals surface area (Å²) < 4.78 is 37.3. The molecule has 0 saturated carbocycles. The maximum absolute atomic E-state index is 12.4. The van der Waals surface area contributed by atoms with Crippen LogP contribution in [-0.2, 0) is 12.6 Å². The maximum Gasteiger partial charge on any atom is 0.417 e. The van der Waals surface area contributed by atoms with E-state index in [4.69, 9.17) is 0 Å². The average Bonchev–Trinajstić information content (AvgIpc) is 2.16. The monoisotopic (exact) mass is 216 g/mol. The maximum atomic E-state index is 12.4. The van der Waals surface area contributed by atoms with Crippen LogP contribution >= 0.6 is 0 Å². The number of pyridine rings is 1. The van der Waals surface area contributed by atoms with Crippen molar-refractivity contribution in [2.24, 2.45) is 0 Å². The first-order valence-electron chi connectivity index (χ1n) is 4.76. The Hall–Kier alpha value is -1.26. The van der Waals surface area contributed by atoms with Crippen molar-refractivity contribution in [2.75, 3.05) is 18.5 Å². The van der Waals surface area contributed by atoms with Gasteiger partial charge in [-0.3, -0.25) is 4.98 Å². The summed E-state index contributed by atoms with van der Waals surface area (Å²) in [5.41, 5.74) is 0.697. The smallest absolute Gasteiger partial charge is 0.373 e. The fourth-order valence-corrected chi connectivity index (χ4v) is 1.76. The Morgan fingerprint density at radius 1 is 1.40 bits per heavy atom. The fraction of sp³-hybridized carbons (Fsp3) is 0.500. The second-order valence-electron chi connectivity index (χ2n) is 3.71. The zero-order valence-corrected chi connectivity index (χ0v) is 8.30. The lowest BCUT2D eigenvalue weighted by Crippen LogP contribution is -2.26. The lowest BCUT2D eigenvalue weighted by molar-refractivity contribution is -0.137. The van der Waals surface area contributed by atoms with E-state index in [0.717, 1.165) is 31.3 Å². The van der Waals surface area contributed by atoms with E-state index < -0.39 is 11.7 Å². The largest absolute Gasteiger partial charge is 0.417 e. The molecule has 82 valence electrons. The number of hydrogen-bond acceptors (Lipinski definition) is 2. The van der Waals surface area contributed by atoms with E-state index in [1.54, 1.807) is 7.05 Å². The molecular weight excluding hydrogens is 205 g/mol. The summed E-state index contributed by atoms with van der Waals surface area (Å²) in [6.45, 7) is 0.788. The Bertz CT molecular complexity index is 373. The van der Waals surface area contributed by atoms with E-state index >= 15 is 0 Å². The molecule has 0 bridgehead atoms. The highest BCUT2D eigenvalue weighted by Crippen LogP contribution is 2.33. The molecule has 0 amide bonds. The van der Waals surface area contributed by atoms with Gasteiger partial charge in [0.05, 0.1) is 16.9 Å². The number of alkyl halides is 3. The molecule has 2 heterocycles. The minimum Gasteiger partial charge on any atom is -0.373 e. The third-order valence-electron chi connectivity index (χ3n) is 2.59. The summed E-state index contributed by atoms with van der Waals surface area (Å²) in [6, 6.07) is 1.18. The Morgan fingerprint density at radius 3 is 2.80 bits per heavy atom.